The highest BCUT2D eigenvalue weighted by Gasteiger charge is 1.91. The molecule has 0 heterocycles. The van der Waals surface area contributed by atoms with Crippen molar-refractivity contribution in [2.75, 3.05) is 13.1 Å². The van der Waals surface area contributed by atoms with Gasteiger partial charge in [-0.2, -0.15) is 0 Å². The molecule has 2 nitrogen and oxygen atoms in total. The minimum atomic E-state index is 0.354. The smallest absolute Gasteiger partial charge is 0.166 e. The van der Waals surface area contributed by atoms with Crippen molar-refractivity contribution in [2.45, 2.75) is 20.8 Å². The molecule has 0 rings (SSSR count). The van der Waals surface area contributed by atoms with Crippen molar-refractivity contribution in [2.24, 2.45) is 0 Å². The molecule has 0 aromatic carbocycles. The second kappa shape index (κ2) is 5.03. The lowest BCUT2D eigenvalue weighted by molar-refractivity contribution is -0.515. The van der Waals surface area contributed by atoms with E-state index in [9.17, 15) is 0 Å². The van der Waals surface area contributed by atoms with Gasteiger partial charge in [-0.25, -0.2) is 4.58 Å². The summed E-state index contributed by atoms with van der Waals surface area (Å²) in [5.41, 5.74) is 0. The maximum absolute atomic E-state index is 8.80. The lowest BCUT2D eigenvalue weighted by Gasteiger charge is -1.92. The van der Waals surface area contributed by atoms with Crippen LogP contribution < -0.4 is 0 Å². The Labute approximate surface area is 62.5 Å². The van der Waals surface area contributed by atoms with Crippen LogP contribution in [0, 0.1) is 0 Å². The molecule has 58 valence electrons. The Morgan fingerprint density at radius 3 is 2.20 bits per heavy atom. The van der Waals surface area contributed by atoms with E-state index in [1.54, 1.807) is 13.0 Å². The molecule has 0 radical (unpaired) electrons. The van der Waals surface area contributed by atoms with E-state index >= 15 is 0 Å². The fourth-order valence-electron chi connectivity index (χ4n) is 0.648. The highest BCUT2D eigenvalue weighted by atomic mass is 16.3. The van der Waals surface area contributed by atoms with Crippen molar-refractivity contribution in [3.8, 4) is 0 Å². The monoisotopic (exact) mass is 142 g/mol. The van der Waals surface area contributed by atoms with Gasteiger partial charge in [-0.3, -0.25) is 0 Å². The van der Waals surface area contributed by atoms with Crippen molar-refractivity contribution >= 4 is 6.21 Å². The standard InChI is InChI=1S/C8H15NO/c1-4-9(5-2)7-6-8(3)10/h6-7H,4-5H2,1-3H3/p+1. The maximum Gasteiger partial charge on any atom is 0.166 e. The van der Waals surface area contributed by atoms with E-state index in [0.29, 0.717) is 5.76 Å². The van der Waals surface area contributed by atoms with Crippen molar-refractivity contribution in [3.63, 3.8) is 0 Å². The number of rotatable bonds is 3. The first-order valence-electron chi connectivity index (χ1n) is 3.65. The van der Waals surface area contributed by atoms with E-state index in [1.807, 2.05) is 6.21 Å². The molecule has 0 spiro atoms. The second-order valence-corrected chi connectivity index (χ2v) is 2.18. The molecule has 0 fully saturated rings. The fourth-order valence-corrected chi connectivity index (χ4v) is 0.648. The van der Waals surface area contributed by atoms with E-state index in [0.717, 1.165) is 13.1 Å². The highest BCUT2D eigenvalue weighted by Crippen LogP contribution is 1.80. The topological polar surface area (TPSA) is 23.2 Å². The van der Waals surface area contributed by atoms with E-state index in [2.05, 4.69) is 18.4 Å². The SMILES string of the molecule is CC[N+](=C/C=C(/C)O)CC. The molecule has 0 atom stereocenters. The Kier molecular flexibility index (Phi) is 4.63. The van der Waals surface area contributed by atoms with Gasteiger partial charge < -0.3 is 5.11 Å². The summed E-state index contributed by atoms with van der Waals surface area (Å²) in [7, 11) is 0. The van der Waals surface area contributed by atoms with Crippen LogP contribution in [-0.4, -0.2) is 29.0 Å². The maximum atomic E-state index is 8.80. The van der Waals surface area contributed by atoms with Gasteiger partial charge in [-0.05, 0) is 20.8 Å². The Morgan fingerprint density at radius 2 is 1.90 bits per heavy atom. The van der Waals surface area contributed by atoms with E-state index in [4.69, 9.17) is 5.11 Å². The van der Waals surface area contributed by atoms with Gasteiger partial charge in [0.1, 0.15) is 13.1 Å². The zero-order chi connectivity index (χ0) is 7.98. The van der Waals surface area contributed by atoms with Crippen molar-refractivity contribution in [1.82, 2.24) is 0 Å². The Hall–Kier alpha value is -0.790. The molecule has 0 amide bonds. The average Bonchev–Trinajstić information content (AvgIpc) is 1.90. The summed E-state index contributed by atoms with van der Waals surface area (Å²) < 4.78 is 2.11. The van der Waals surface area contributed by atoms with Gasteiger partial charge in [0.25, 0.3) is 0 Å². The summed E-state index contributed by atoms with van der Waals surface area (Å²) in [5.74, 6) is 0.354. The van der Waals surface area contributed by atoms with Crippen LogP contribution in [0.2, 0.25) is 0 Å². The fraction of sp³-hybridized carbons (Fsp3) is 0.625. The molecule has 10 heavy (non-hydrogen) atoms. The predicted octanol–water partition coefficient (Wildman–Crippen LogP) is 1.57. The molecular formula is C8H16NO+. The van der Waals surface area contributed by atoms with E-state index < -0.39 is 0 Å². The summed E-state index contributed by atoms with van der Waals surface area (Å²) in [4.78, 5) is 0. The van der Waals surface area contributed by atoms with Crippen LogP contribution >= 0.6 is 0 Å². The summed E-state index contributed by atoms with van der Waals surface area (Å²) in [6.45, 7) is 7.81. The third-order valence-corrected chi connectivity index (χ3v) is 1.34. The number of allylic oxidation sites excluding steroid dienone is 2. The number of hydrogen-bond acceptors (Lipinski definition) is 1. The van der Waals surface area contributed by atoms with Crippen molar-refractivity contribution in [3.05, 3.63) is 11.8 Å². The first-order valence-corrected chi connectivity index (χ1v) is 3.65. The number of nitrogens with zero attached hydrogens (tertiary/aromatic N) is 1. The molecule has 0 saturated carbocycles. The molecule has 0 aliphatic carbocycles. The Bertz CT molecular complexity index is 137. The largest absolute Gasteiger partial charge is 0.512 e. The van der Waals surface area contributed by atoms with Crippen LogP contribution in [0.25, 0.3) is 0 Å². The highest BCUT2D eigenvalue weighted by molar-refractivity contribution is 5.66. The summed E-state index contributed by atoms with van der Waals surface area (Å²) >= 11 is 0. The summed E-state index contributed by atoms with van der Waals surface area (Å²) in [6.07, 6.45) is 3.60. The van der Waals surface area contributed by atoms with Crippen molar-refractivity contribution < 1.29 is 9.68 Å². The Balaban J connectivity index is 3.99. The summed E-state index contributed by atoms with van der Waals surface area (Å²) in [6, 6.07) is 0. The van der Waals surface area contributed by atoms with Crippen LogP contribution in [0.15, 0.2) is 11.8 Å². The zero-order valence-corrected chi connectivity index (χ0v) is 6.96. The quantitative estimate of drug-likeness (QED) is 0.361. The van der Waals surface area contributed by atoms with E-state index in [1.165, 1.54) is 0 Å². The number of hydrogen-bond donors (Lipinski definition) is 1. The molecule has 0 aliphatic rings. The molecule has 0 bridgehead atoms. The van der Waals surface area contributed by atoms with Gasteiger partial charge in [0.15, 0.2) is 6.21 Å². The predicted molar refractivity (Wildman–Crippen MR) is 43.8 cm³/mol. The first kappa shape index (κ1) is 9.21. The lowest BCUT2D eigenvalue weighted by Crippen LogP contribution is -2.10. The molecule has 0 aromatic heterocycles. The number of aliphatic hydroxyl groups is 1. The third kappa shape index (κ3) is 4.13. The average molecular weight is 142 g/mol. The molecule has 0 saturated heterocycles. The first-order chi connectivity index (χ1) is 4.70. The third-order valence-electron chi connectivity index (χ3n) is 1.34. The van der Waals surface area contributed by atoms with Crippen molar-refractivity contribution in [1.29, 1.82) is 0 Å². The van der Waals surface area contributed by atoms with Gasteiger partial charge in [0.2, 0.25) is 0 Å². The molecular weight excluding hydrogens is 126 g/mol. The molecule has 1 N–H and O–H groups in total. The second-order valence-electron chi connectivity index (χ2n) is 2.18. The minimum Gasteiger partial charge on any atom is -0.512 e. The summed E-state index contributed by atoms with van der Waals surface area (Å²) in [5, 5.41) is 8.80. The lowest BCUT2D eigenvalue weighted by atomic mass is 10.5. The van der Waals surface area contributed by atoms with Gasteiger partial charge in [-0.15, -0.1) is 0 Å². The van der Waals surface area contributed by atoms with Crippen LogP contribution in [0.4, 0.5) is 0 Å². The van der Waals surface area contributed by atoms with Crippen LogP contribution in [0.1, 0.15) is 20.8 Å². The molecule has 0 unspecified atom stereocenters. The van der Waals surface area contributed by atoms with Gasteiger partial charge in [-0.1, -0.05) is 0 Å². The molecule has 0 aromatic rings. The van der Waals surface area contributed by atoms with Gasteiger partial charge in [0.05, 0.1) is 5.76 Å². The molecule has 0 aliphatic heterocycles. The zero-order valence-electron chi connectivity index (χ0n) is 6.96. The number of aliphatic hydroxyl groups excluding tert-OH is 1. The van der Waals surface area contributed by atoms with E-state index in [-0.39, 0.29) is 0 Å². The van der Waals surface area contributed by atoms with Crippen LogP contribution in [0.5, 0.6) is 0 Å². The van der Waals surface area contributed by atoms with Crippen LogP contribution in [-0.2, 0) is 0 Å². The van der Waals surface area contributed by atoms with Gasteiger partial charge >= 0.3 is 0 Å². The normalized spacial score (nSPS) is 11.3. The van der Waals surface area contributed by atoms with Crippen LogP contribution in [0.3, 0.4) is 0 Å². The minimum absolute atomic E-state index is 0.354. The Morgan fingerprint density at radius 1 is 1.40 bits per heavy atom. The molecule has 2 heteroatoms. The van der Waals surface area contributed by atoms with Gasteiger partial charge in [0, 0.05) is 6.08 Å².